The fourth-order valence-corrected chi connectivity index (χ4v) is 4.85. The normalized spacial score (nSPS) is 19.4. The molecule has 7 heteroatoms. The van der Waals surface area contributed by atoms with E-state index in [4.69, 9.17) is 0 Å². The molecule has 28 heavy (non-hydrogen) atoms. The lowest BCUT2D eigenvalue weighted by atomic mass is 10.0. The Kier molecular flexibility index (Phi) is 10.9. The van der Waals surface area contributed by atoms with Crippen LogP contribution in [0.5, 0.6) is 0 Å². The van der Waals surface area contributed by atoms with Crippen molar-refractivity contribution in [1.82, 2.24) is 15.5 Å². The molecule has 158 valence electrons. The number of piperidine rings is 1. The molecular weight excluding hydrogens is 486 g/mol. The van der Waals surface area contributed by atoms with Gasteiger partial charge in [0.15, 0.2) is 5.96 Å². The Hall–Kier alpha value is -0.540. The largest absolute Gasteiger partial charge is 0.357 e. The molecule has 1 aromatic carbocycles. The SMILES string of the molecule is CCNC(=NCCSc1ccccc1F)NC1CCN(C2CCCC2)CC1.I. The molecule has 0 amide bonds. The molecule has 2 aliphatic rings. The Morgan fingerprint density at radius 1 is 1.18 bits per heavy atom. The summed E-state index contributed by atoms with van der Waals surface area (Å²) in [5.41, 5.74) is 0. The van der Waals surface area contributed by atoms with Crippen LogP contribution in [0, 0.1) is 5.82 Å². The Bertz CT molecular complexity index is 602. The first-order valence-corrected chi connectivity index (χ1v) is 11.4. The van der Waals surface area contributed by atoms with E-state index in [1.165, 1.54) is 69.4 Å². The number of guanidine groups is 1. The standard InChI is InChI=1S/C21H33FN4S.HI/c1-2-23-21(24-13-16-27-20-10-6-5-9-19(20)22)25-17-11-14-26(15-12-17)18-7-3-4-8-18;/h5-6,9-10,17-18H,2-4,7-8,11-16H2,1H3,(H2,23,24,25);1H. The minimum Gasteiger partial charge on any atom is -0.357 e. The van der Waals surface area contributed by atoms with E-state index < -0.39 is 0 Å². The van der Waals surface area contributed by atoms with Gasteiger partial charge in [0.25, 0.3) is 0 Å². The zero-order valence-corrected chi connectivity index (χ0v) is 20.0. The highest BCUT2D eigenvalue weighted by Crippen LogP contribution is 2.26. The lowest BCUT2D eigenvalue weighted by Crippen LogP contribution is -2.50. The summed E-state index contributed by atoms with van der Waals surface area (Å²) in [5.74, 6) is 1.52. The van der Waals surface area contributed by atoms with Crippen LogP contribution in [0.3, 0.4) is 0 Å². The second-order valence-electron chi connectivity index (χ2n) is 7.43. The number of thioether (sulfide) groups is 1. The summed E-state index contributed by atoms with van der Waals surface area (Å²) in [6, 6.07) is 8.27. The molecule has 0 radical (unpaired) electrons. The molecule has 0 atom stereocenters. The maximum atomic E-state index is 13.7. The van der Waals surface area contributed by atoms with Gasteiger partial charge in [-0.15, -0.1) is 35.7 Å². The summed E-state index contributed by atoms with van der Waals surface area (Å²) in [7, 11) is 0. The number of hydrogen-bond donors (Lipinski definition) is 2. The lowest BCUT2D eigenvalue weighted by Gasteiger charge is -2.36. The number of hydrogen-bond acceptors (Lipinski definition) is 3. The number of benzene rings is 1. The van der Waals surface area contributed by atoms with Crippen molar-refractivity contribution in [3.05, 3.63) is 30.1 Å². The van der Waals surface area contributed by atoms with E-state index in [9.17, 15) is 4.39 Å². The maximum absolute atomic E-state index is 13.7. The number of nitrogens with one attached hydrogen (secondary N) is 2. The zero-order chi connectivity index (χ0) is 18.9. The van der Waals surface area contributed by atoms with Gasteiger partial charge in [-0.3, -0.25) is 4.99 Å². The first-order chi connectivity index (χ1) is 13.3. The summed E-state index contributed by atoms with van der Waals surface area (Å²) >= 11 is 1.52. The van der Waals surface area contributed by atoms with Crippen molar-refractivity contribution in [3.8, 4) is 0 Å². The lowest BCUT2D eigenvalue weighted by molar-refractivity contribution is 0.150. The molecule has 1 heterocycles. The molecule has 0 unspecified atom stereocenters. The highest BCUT2D eigenvalue weighted by Gasteiger charge is 2.27. The van der Waals surface area contributed by atoms with Crippen LogP contribution in [0.4, 0.5) is 4.39 Å². The highest BCUT2D eigenvalue weighted by atomic mass is 127. The first kappa shape index (κ1) is 23.7. The van der Waals surface area contributed by atoms with Crippen molar-refractivity contribution in [1.29, 1.82) is 0 Å². The van der Waals surface area contributed by atoms with E-state index in [0.29, 0.717) is 17.5 Å². The topological polar surface area (TPSA) is 39.7 Å². The van der Waals surface area contributed by atoms with E-state index in [1.807, 2.05) is 12.1 Å². The number of likely N-dealkylation sites (tertiary alicyclic amines) is 1. The molecule has 2 N–H and O–H groups in total. The van der Waals surface area contributed by atoms with E-state index >= 15 is 0 Å². The molecule has 0 bridgehead atoms. The second-order valence-corrected chi connectivity index (χ2v) is 8.57. The van der Waals surface area contributed by atoms with Gasteiger partial charge in [-0.2, -0.15) is 0 Å². The number of halogens is 2. The summed E-state index contributed by atoms with van der Waals surface area (Å²) in [6.07, 6.45) is 7.97. The van der Waals surface area contributed by atoms with Crippen molar-refractivity contribution in [2.24, 2.45) is 4.99 Å². The molecule has 0 aromatic heterocycles. The fourth-order valence-electron chi connectivity index (χ4n) is 4.07. The molecule has 2 fully saturated rings. The molecule has 0 spiro atoms. The molecule has 4 nitrogen and oxygen atoms in total. The van der Waals surface area contributed by atoms with Crippen LogP contribution in [0.15, 0.2) is 34.2 Å². The number of aliphatic imine (C=N–C) groups is 1. The van der Waals surface area contributed by atoms with Gasteiger partial charge in [-0.05, 0) is 44.7 Å². The van der Waals surface area contributed by atoms with Crippen LogP contribution in [-0.4, -0.2) is 54.9 Å². The molecule has 3 rings (SSSR count). The third-order valence-electron chi connectivity index (χ3n) is 5.51. The third-order valence-corrected chi connectivity index (χ3v) is 6.54. The Morgan fingerprint density at radius 3 is 2.57 bits per heavy atom. The van der Waals surface area contributed by atoms with Gasteiger partial charge < -0.3 is 15.5 Å². The van der Waals surface area contributed by atoms with E-state index in [-0.39, 0.29) is 29.8 Å². The smallest absolute Gasteiger partial charge is 0.191 e. The maximum Gasteiger partial charge on any atom is 0.191 e. The Morgan fingerprint density at radius 2 is 1.89 bits per heavy atom. The quantitative estimate of drug-likeness (QED) is 0.183. The molecule has 1 aliphatic carbocycles. The summed E-state index contributed by atoms with van der Waals surface area (Å²) in [5, 5.41) is 6.96. The predicted molar refractivity (Wildman–Crippen MR) is 129 cm³/mol. The number of rotatable bonds is 7. The average Bonchev–Trinajstić information content (AvgIpc) is 3.22. The molecule has 1 saturated carbocycles. The van der Waals surface area contributed by atoms with Crippen LogP contribution in [0.1, 0.15) is 45.4 Å². The Labute approximate surface area is 190 Å². The van der Waals surface area contributed by atoms with Crippen LogP contribution in [0.2, 0.25) is 0 Å². The predicted octanol–water partition coefficient (Wildman–Crippen LogP) is 4.50. The van der Waals surface area contributed by atoms with Crippen molar-refractivity contribution in [2.45, 2.75) is 62.4 Å². The zero-order valence-electron chi connectivity index (χ0n) is 16.8. The van der Waals surface area contributed by atoms with Gasteiger partial charge in [0.05, 0.1) is 6.54 Å². The van der Waals surface area contributed by atoms with Crippen molar-refractivity contribution < 1.29 is 4.39 Å². The highest BCUT2D eigenvalue weighted by molar-refractivity contribution is 14.0. The fraction of sp³-hybridized carbons (Fsp3) is 0.667. The van der Waals surface area contributed by atoms with Crippen molar-refractivity contribution in [2.75, 3.05) is 31.9 Å². The summed E-state index contributed by atoms with van der Waals surface area (Å²) < 4.78 is 13.7. The van der Waals surface area contributed by atoms with Crippen LogP contribution in [-0.2, 0) is 0 Å². The molecular formula is C21H34FIN4S. The van der Waals surface area contributed by atoms with Gasteiger partial charge in [-0.25, -0.2) is 4.39 Å². The summed E-state index contributed by atoms with van der Waals surface area (Å²) in [6.45, 7) is 6.02. The second kappa shape index (κ2) is 12.9. The minimum atomic E-state index is -0.148. The van der Waals surface area contributed by atoms with Gasteiger partial charge in [0, 0.05) is 42.4 Å². The Balaban J connectivity index is 0.00000280. The average molecular weight is 521 g/mol. The van der Waals surface area contributed by atoms with E-state index in [1.54, 1.807) is 6.07 Å². The van der Waals surface area contributed by atoms with Crippen LogP contribution < -0.4 is 10.6 Å². The van der Waals surface area contributed by atoms with Gasteiger partial charge in [0.1, 0.15) is 5.82 Å². The van der Waals surface area contributed by atoms with Crippen molar-refractivity contribution in [3.63, 3.8) is 0 Å². The summed E-state index contributed by atoms with van der Waals surface area (Å²) in [4.78, 5) is 8.08. The molecule has 1 aliphatic heterocycles. The number of nitrogens with zero attached hydrogens (tertiary/aromatic N) is 2. The van der Waals surface area contributed by atoms with Crippen molar-refractivity contribution >= 4 is 41.7 Å². The van der Waals surface area contributed by atoms with Gasteiger partial charge in [0.2, 0.25) is 0 Å². The molecule has 1 saturated heterocycles. The van der Waals surface area contributed by atoms with Crippen LogP contribution >= 0.6 is 35.7 Å². The monoisotopic (exact) mass is 520 g/mol. The van der Waals surface area contributed by atoms with E-state index in [2.05, 4.69) is 27.4 Å². The molecule has 1 aromatic rings. The third kappa shape index (κ3) is 7.37. The first-order valence-electron chi connectivity index (χ1n) is 10.4. The van der Waals surface area contributed by atoms with Gasteiger partial charge in [-0.1, -0.05) is 25.0 Å². The minimum absolute atomic E-state index is 0. The van der Waals surface area contributed by atoms with Gasteiger partial charge >= 0.3 is 0 Å². The van der Waals surface area contributed by atoms with Crippen LogP contribution in [0.25, 0.3) is 0 Å². The van der Waals surface area contributed by atoms with E-state index in [0.717, 1.165) is 24.3 Å².